The Bertz CT molecular complexity index is 222. The predicted molar refractivity (Wildman–Crippen MR) is 36.5 cm³/mol. The Kier molecular flexibility index (Phi) is 1.52. The summed E-state index contributed by atoms with van der Waals surface area (Å²) in [4.78, 5) is 3.86. The third-order valence-corrected chi connectivity index (χ3v) is 1.22. The average molecular weight is 141 g/mol. The molecule has 0 aliphatic heterocycles. The summed E-state index contributed by atoms with van der Waals surface area (Å²) >= 11 is 0. The monoisotopic (exact) mass is 141 g/mol. The SMILES string of the molecule is Cc1ncc(C(C)(C)O)o1. The molecule has 0 aliphatic rings. The van der Waals surface area contributed by atoms with Crippen molar-refractivity contribution in [1.29, 1.82) is 0 Å². The Labute approximate surface area is 59.7 Å². The van der Waals surface area contributed by atoms with Crippen LogP contribution in [0.25, 0.3) is 0 Å². The molecule has 0 radical (unpaired) electrons. The van der Waals surface area contributed by atoms with Crippen molar-refractivity contribution in [3.05, 3.63) is 17.8 Å². The Hall–Kier alpha value is -0.830. The summed E-state index contributed by atoms with van der Waals surface area (Å²) in [6, 6.07) is 0. The minimum Gasteiger partial charge on any atom is -0.443 e. The summed E-state index contributed by atoms with van der Waals surface area (Å²) in [7, 11) is 0. The van der Waals surface area contributed by atoms with Gasteiger partial charge < -0.3 is 9.52 Å². The van der Waals surface area contributed by atoms with Crippen molar-refractivity contribution in [3.63, 3.8) is 0 Å². The van der Waals surface area contributed by atoms with Crippen molar-refractivity contribution in [3.8, 4) is 0 Å². The Balaban J connectivity index is 2.96. The fourth-order valence-electron chi connectivity index (χ4n) is 0.644. The summed E-state index contributed by atoms with van der Waals surface area (Å²) in [5.74, 6) is 1.09. The summed E-state index contributed by atoms with van der Waals surface area (Å²) in [6.07, 6.45) is 1.54. The van der Waals surface area contributed by atoms with Gasteiger partial charge in [-0.15, -0.1) is 0 Å². The van der Waals surface area contributed by atoms with E-state index in [9.17, 15) is 5.11 Å². The predicted octanol–water partition coefficient (Wildman–Crippen LogP) is 1.21. The highest BCUT2D eigenvalue weighted by Crippen LogP contribution is 2.19. The zero-order chi connectivity index (χ0) is 7.78. The van der Waals surface area contributed by atoms with Crippen LogP contribution in [-0.2, 0) is 5.60 Å². The maximum Gasteiger partial charge on any atom is 0.191 e. The molecule has 1 aromatic rings. The molecule has 1 aromatic heterocycles. The molecule has 1 N–H and O–H groups in total. The minimum atomic E-state index is -0.915. The average Bonchev–Trinajstić information content (AvgIpc) is 2.11. The molecule has 56 valence electrons. The van der Waals surface area contributed by atoms with Crippen LogP contribution in [-0.4, -0.2) is 10.1 Å². The van der Waals surface area contributed by atoms with Gasteiger partial charge in [0.1, 0.15) is 5.60 Å². The van der Waals surface area contributed by atoms with E-state index in [1.807, 2.05) is 0 Å². The van der Waals surface area contributed by atoms with Gasteiger partial charge in [-0.05, 0) is 13.8 Å². The van der Waals surface area contributed by atoms with Crippen LogP contribution in [0.1, 0.15) is 25.5 Å². The fraction of sp³-hybridized carbons (Fsp3) is 0.571. The van der Waals surface area contributed by atoms with E-state index in [1.165, 1.54) is 6.20 Å². The Morgan fingerprint density at radius 1 is 1.60 bits per heavy atom. The molecule has 0 fully saturated rings. The minimum absolute atomic E-state index is 0.505. The van der Waals surface area contributed by atoms with Crippen molar-refractivity contribution in [2.75, 3.05) is 0 Å². The van der Waals surface area contributed by atoms with Gasteiger partial charge >= 0.3 is 0 Å². The van der Waals surface area contributed by atoms with Gasteiger partial charge in [-0.2, -0.15) is 0 Å². The van der Waals surface area contributed by atoms with Gasteiger partial charge in [0.15, 0.2) is 11.7 Å². The quantitative estimate of drug-likeness (QED) is 0.639. The molecule has 0 spiro atoms. The van der Waals surface area contributed by atoms with Crippen LogP contribution in [0.15, 0.2) is 10.6 Å². The first-order chi connectivity index (χ1) is 4.50. The second-order valence-corrected chi connectivity index (χ2v) is 2.80. The summed E-state index contributed by atoms with van der Waals surface area (Å²) in [5.41, 5.74) is -0.915. The van der Waals surface area contributed by atoms with E-state index in [2.05, 4.69) is 4.98 Å². The van der Waals surface area contributed by atoms with Crippen LogP contribution in [0.4, 0.5) is 0 Å². The molecule has 0 bridgehead atoms. The summed E-state index contributed by atoms with van der Waals surface area (Å²) in [5, 5.41) is 9.37. The van der Waals surface area contributed by atoms with Crippen LogP contribution >= 0.6 is 0 Å². The second-order valence-electron chi connectivity index (χ2n) is 2.80. The standard InChI is InChI=1S/C7H11NO2/c1-5-8-4-6(10-5)7(2,3)9/h4,9H,1-3H3. The van der Waals surface area contributed by atoms with Gasteiger partial charge in [-0.1, -0.05) is 0 Å². The van der Waals surface area contributed by atoms with Gasteiger partial charge in [-0.25, -0.2) is 4.98 Å². The van der Waals surface area contributed by atoms with E-state index in [0.717, 1.165) is 0 Å². The van der Waals surface area contributed by atoms with Gasteiger partial charge in [0, 0.05) is 6.92 Å². The maximum atomic E-state index is 9.37. The van der Waals surface area contributed by atoms with Gasteiger partial charge in [-0.3, -0.25) is 0 Å². The highest BCUT2D eigenvalue weighted by atomic mass is 16.4. The highest BCUT2D eigenvalue weighted by Gasteiger charge is 2.20. The number of rotatable bonds is 1. The number of aryl methyl sites for hydroxylation is 1. The number of hydrogen-bond donors (Lipinski definition) is 1. The number of aliphatic hydroxyl groups is 1. The molecule has 0 saturated carbocycles. The molecule has 0 atom stereocenters. The van der Waals surface area contributed by atoms with Crippen LogP contribution in [0, 0.1) is 6.92 Å². The highest BCUT2D eigenvalue weighted by molar-refractivity contribution is 5.01. The van der Waals surface area contributed by atoms with Crippen molar-refractivity contribution >= 4 is 0 Å². The van der Waals surface area contributed by atoms with Gasteiger partial charge in [0.2, 0.25) is 0 Å². The summed E-state index contributed by atoms with van der Waals surface area (Å²) in [6.45, 7) is 5.06. The summed E-state index contributed by atoms with van der Waals surface area (Å²) < 4.78 is 5.09. The Morgan fingerprint density at radius 3 is 2.40 bits per heavy atom. The van der Waals surface area contributed by atoms with Crippen LogP contribution in [0.5, 0.6) is 0 Å². The maximum absolute atomic E-state index is 9.37. The first-order valence-corrected chi connectivity index (χ1v) is 3.15. The smallest absolute Gasteiger partial charge is 0.191 e. The first kappa shape index (κ1) is 7.28. The molecular weight excluding hydrogens is 130 g/mol. The molecule has 0 aromatic carbocycles. The van der Waals surface area contributed by atoms with E-state index in [-0.39, 0.29) is 0 Å². The van der Waals surface area contributed by atoms with Gasteiger partial charge in [0.25, 0.3) is 0 Å². The van der Waals surface area contributed by atoms with Crippen LogP contribution < -0.4 is 0 Å². The molecule has 0 unspecified atom stereocenters. The molecule has 3 heteroatoms. The molecule has 1 rings (SSSR count). The third kappa shape index (κ3) is 1.36. The number of nitrogens with zero attached hydrogens (tertiary/aromatic N) is 1. The lowest BCUT2D eigenvalue weighted by molar-refractivity contribution is 0.0532. The van der Waals surface area contributed by atoms with Crippen molar-refractivity contribution in [2.45, 2.75) is 26.4 Å². The van der Waals surface area contributed by atoms with E-state index < -0.39 is 5.60 Å². The first-order valence-electron chi connectivity index (χ1n) is 3.15. The molecule has 0 saturated heterocycles. The molecule has 10 heavy (non-hydrogen) atoms. The lowest BCUT2D eigenvalue weighted by Gasteiger charge is -2.11. The van der Waals surface area contributed by atoms with Crippen molar-refractivity contribution < 1.29 is 9.52 Å². The Morgan fingerprint density at radius 2 is 2.20 bits per heavy atom. The third-order valence-electron chi connectivity index (χ3n) is 1.22. The van der Waals surface area contributed by atoms with E-state index in [1.54, 1.807) is 20.8 Å². The van der Waals surface area contributed by atoms with E-state index in [4.69, 9.17) is 4.42 Å². The van der Waals surface area contributed by atoms with Crippen LogP contribution in [0.3, 0.4) is 0 Å². The van der Waals surface area contributed by atoms with E-state index in [0.29, 0.717) is 11.7 Å². The lowest BCUT2D eigenvalue weighted by Crippen LogP contribution is -2.13. The fourth-order valence-corrected chi connectivity index (χ4v) is 0.644. The number of hydrogen-bond acceptors (Lipinski definition) is 3. The van der Waals surface area contributed by atoms with E-state index >= 15 is 0 Å². The second kappa shape index (κ2) is 2.09. The molecular formula is C7H11NO2. The zero-order valence-corrected chi connectivity index (χ0v) is 6.38. The van der Waals surface area contributed by atoms with Gasteiger partial charge in [0.05, 0.1) is 6.20 Å². The largest absolute Gasteiger partial charge is 0.443 e. The molecule has 0 aliphatic carbocycles. The zero-order valence-electron chi connectivity index (χ0n) is 6.38. The molecule has 3 nitrogen and oxygen atoms in total. The normalized spacial score (nSPS) is 12.0. The van der Waals surface area contributed by atoms with Crippen molar-refractivity contribution in [1.82, 2.24) is 4.98 Å². The van der Waals surface area contributed by atoms with Crippen molar-refractivity contribution in [2.24, 2.45) is 0 Å². The molecule has 0 amide bonds. The topological polar surface area (TPSA) is 46.3 Å². The van der Waals surface area contributed by atoms with Crippen LogP contribution in [0.2, 0.25) is 0 Å². The lowest BCUT2D eigenvalue weighted by atomic mass is 10.1. The molecule has 1 heterocycles. The number of aromatic nitrogens is 1. The number of oxazole rings is 1.